The van der Waals surface area contributed by atoms with Crippen molar-refractivity contribution in [2.45, 2.75) is 19.0 Å². The average molecular weight is 342 g/mol. The van der Waals surface area contributed by atoms with Crippen LogP contribution in [-0.4, -0.2) is 11.5 Å². The summed E-state index contributed by atoms with van der Waals surface area (Å²) in [6.07, 6.45) is 0.697. The molecule has 2 aromatic rings. The Hall–Kier alpha value is -1.94. The van der Waals surface area contributed by atoms with Crippen molar-refractivity contribution in [3.8, 4) is 0 Å². The highest BCUT2D eigenvalue weighted by Gasteiger charge is 2.36. The normalized spacial score (nSPS) is 21.0. The molecule has 0 fully saturated rings. The molecular formula is C17H16BrN3. The highest BCUT2D eigenvalue weighted by Crippen LogP contribution is 2.36. The molecule has 0 saturated carbocycles. The molecule has 106 valence electrons. The molecule has 0 bridgehead atoms. The third-order valence-electron chi connectivity index (χ3n) is 3.61. The van der Waals surface area contributed by atoms with Crippen molar-refractivity contribution in [3.63, 3.8) is 0 Å². The average Bonchev–Trinajstić information content (AvgIpc) is 2.76. The Morgan fingerprint density at radius 2 is 1.81 bits per heavy atom. The molecular weight excluding hydrogens is 326 g/mol. The number of benzene rings is 2. The van der Waals surface area contributed by atoms with Gasteiger partial charge in [0, 0.05) is 16.5 Å². The molecule has 0 aliphatic carbocycles. The fourth-order valence-electron chi connectivity index (χ4n) is 2.57. The Morgan fingerprint density at radius 1 is 1.05 bits per heavy atom. The Morgan fingerprint density at radius 3 is 2.43 bits per heavy atom. The Labute approximate surface area is 132 Å². The van der Waals surface area contributed by atoms with Crippen LogP contribution in [0.3, 0.4) is 0 Å². The summed E-state index contributed by atoms with van der Waals surface area (Å²) in [6, 6.07) is 18.4. The molecule has 0 amide bonds. The van der Waals surface area contributed by atoms with Crippen LogP contribution < -0.4 is 5.73 Å². The van der Waals surface area contributed by atoms with Gasteiger partial charge in [-0.3, -0.25) is 4.99 Å². The minimum Gasteiger partial charge on any atom is -0.382 e. The number of hydrogen-bond donors (Lipinski definition) is 1. The smallest absolute Gasteiger partial charge is 0.182 e. The molecule has 1 atom stereocenters. The molecule has 0 saturated heterocycles. The highest BCUT2D eigenvalue weighted by molar-refractivity contribution is 9.10. The Kier molecular flexibility index (Phi) is 3.64. The first-order valence-electron chi connectivity index (χ1n) is 6.81. The fraction of sp³-hybridized carbons (Fsp3) is 0.176. The third-order valence-corrected chi connectivity index (χ3v) is 4.10. The van der Waals surface area contributed by atoms with Gasteiger partial charge < -0.3 is 5.73 Å². The number of nitrogens with two attached hydrogens (primary N) is 1. The summed E-state index contributed by atoms with van der Waals surface area (Å²) >= 11 is 3.52. The van der Waals surface area contributed by atoms with E-state index in [1.165, 1.54) is 5.56 Å². The zero-order valence-corrected chi connectivity index (χ0v) is 13.3. The van der Waals surface area contributed by atoms with Gasteiger partial charge in [0.2, 0.25) is 0 Å². The zero-order valence-electron chi connectivity index (χ0n) is 11.8. The molecule has 2 aromatic carbocycles. The molecule has 0 unspecified atom stereocenters. The van der Waals surface area contributed by atoms with Gasteiger partial charge in [-0.2, -0.15) is 0 Å². The van der Waals surface area contributed by atoms with E-state index in [9.17, 15) is 0 Å². The lowest BCUT2D eigenvalue weighted by Crippen LogP contribution is -2.23. The Balaban J connectivity index is 2.09. The standard InChI is InChI=1S/C17H16BrN3/c1-12-16(19)21-17(20-12,11-13-6-3-2-4-7-13)14-8-5-9-15(18)10-14/h2-10H,11H2,1H3,(H2,19,21)/t17-/m0/s1. The number of rotatable bonds is 3. The van der Waals surface area contributed by atoms with Crippen LogP contribution in [0.25, 0.3) is 0 Å². The van der Waals surface area contributed by atoms with Gasteiger partial charge >= 0.3 is 0 Å². The summed E-state index contributed by atoms with van der Waals surface area (Å²) in [5.41, 5.74) is 8.36. The van der Waals surface area contributed by atoms with Crippen LogP contribution in [0.2, 0.25) is 0 Å². The molecule has 3 rings (SSSR count). The van der Waals surface area contributed by atoms with Crippen LogP contribution >= 0.6 is 15.9 Å². The topological polar surface area (TPSA) is 50.7 Å². The number of amidine groups is 1. The predicted molar refractivity (Wildman–Crippen MR) is 90.7 cm³/mol. The van der Waals surface area contributed by atoms with E-state index in [2.05, 4.69) is 39.1 Å². The number of nitrogens with zero attached hydrogens (tertiary/aromatic N) is 2. The maximum absolute atomic E-state index is 5.99. The quantitative estimate of drug-likeness (QED) is 0.909. The molecule has 4 heteroatoms. The fourth-order valence-corrected chi connectivity index (χ4v) is 2.97. The second-order valence-corrected chi connectivity index (χ2v) is 6.10. The van der Waals surface area contributed by atoms with E-state index in [1.54, 1.807) is 0 Å². The van der Waals surface area contributed by atoms with Gasteiger partial charge in [-0.25, -0.2) is 4.99 Å². The van der Waals surface area contributed by atoms with Crippen LogP contribution in [0, 0.1) is 0 Å². The van der Waals surface area contributed by atoms with Crippen molar-refractivity contribution in [1.29, 1.82) is 0 Å². The third kappa shape index (κ3) is 2.76. The SMILES string of the molecule is CC1=N[C@](Cc2ccccc2)(c2cccc(Br)c2)N=C1N. The second kappa shape index (κ2) is 5.45. The summed E-state index contributed by atoms with van der Waals surface area (Å²) < 4.78 is 1.01. The second-order valence-electron chi connectivity index (χ2n) is 5.18. The number of hydrogen-bond acceptors (Lipinski definition) is 3. The first kappa shape index (κ1) is 14.0. The Bertz CT molecular complexity index is 702. The van der Waals surface area contributed by atoms with Gasteiger partial charge in [-0.1, -0.05) is 58.4 Å². The van der Waals surface area contributed by atoms with Crippen molar-refractivity contribution >= 4 is 27.5 Å². The molecule has 1 aliphatic rings. The van der Waals surface area contributed by atoms with Crippen LogP contribution in [0.5, 0.6) is 0 Å². The van der Waals surface area contributed by atoms with Crippen LogP contribution in [0.15, 0.2) is 69.1 Å². The summed E-state index contributed by atoms with van der Waals surface area (Å²) in [7, 11) is 0. The largest absolute Gasteiger partial charge is 0.382 e. The van der Waals surface area contributed by atoms with Crippen LogP contribution in [-0.2, 0) is 12.1 Å². The molecule has 0 radical (unpaired) electrons. The van der Waals surface area contributed by atoms with E-state index in [0.29, 0.717) is 12.3 Å². The number of halogens is 1. The van der Waals surface area contributed by atoms with E-state index >= 15 is 0 Å². The monoisotopic (exact) mass is 341 g/mol. The van der Waals surface area contributed by atoms with Crippen molar-refractivity contribution in [2.75, 3.05) is 0 Å². The van der Waals surface area contributed by atoms with E-state index in [0.717, 1.165) is 15.7 Å². The maximum Gasteiger partial charge on any atom is 0.182 e. The van der Waals surface area contributed by atoms with Crippen LogP contribution in [0.1, 0.15) is 18.1 Å². The minimum absolute atomic E-state index is 0.519. The van der Waals surface area contributed by atoms with Gasteiger partial charge in [0.25, 0.3) is 0 Å². The van der Waals surface area contributed by atoms with Gasteiger partial charge in [-0.15, -0.1) is 0 Å². The van der Waals surface area contributed by atoms with Crippen LogP contribution in [0.4, 0.5) is 0 Å². The van der Waals surface area contributed by atoms with E-state index in [1.807, 2.05) is 43.3 Å². The predicted octanol–water partition coefficient (Wildman–Crippen LogP) is 3.68. The molecule has 1 aliphatic heterocycles. The van der Waals surface area contributed by atoms with Crippen molar-refractivity contribution in [1.82, 2.24) is 0 Å². The number of aliphatic imine (C=N–C) groups is 2. The lowest BCUT2D eigenvalue weighted by molar-refractivity contribution is 0.479. The van der Waals surface area contributed by atoms with E-state index in [4.69, 9.17) is 10.7 Å². The molecule has 2 N–H and O–H groups in total. The van der Waals surface area contributed by atoms with Crippen molar-refractivity contribution in [2.24, 2.45) is 15.7 Å². The van der Waals surface area contributed by atoms with Gasteiger partial charge in [-0.05, 0) is 24.6 Å². The van der Waals surface area contributed by atoms with E-state index < -0.39 is 5.66 Å². The van der Waals surface area contributed by atoms with Crippen molar-refractivity contribution < 1.29 is 0 Å². The molecule has 21 heavy (non-hydrogen) atoms. The highest BCUT2D eigenvalue weighted by atomic mass is 79.9. The molecule has 0 spiro atoms. The van der Waals surface area contributed by atoms with E-state index in [-0.39, 0.29) is 0 Å². The lowest BCUT2D eigenvalue weighted by atomic mass is 9.93. The molecule has 3 nitrogen and oxygen atoms in total. The summed E-state index contributed by atoms with van der Waals surface area (Å²) in [5.74, 6) is 0.519. The van der Waals surface area contributed by atoms with Gasteiger partial charge in [0.1, 0.15) is 5.84 Å². The van der Waals surface area contributed by atoms with Gasteiger partial charge in [0.05, 0.1) is 5.71 Å². The minimum atomic E-state index is -0.653. The zero-order chi connectivity index (χ0) is 14.9. The lowest BCUT2D eigenvalue weighted by Gasteiger charge is -2.24. The summed E-state index contributed by atoms with van der Waals surface area (Å²) in [4.78, 5) is 9.45. The molecule has 1 heterocycles. The first-order chi connectivity index (χ1) is 10.1. The summed E-state index contributed by atoms with van der Waals surface area (Å²) in [5, 5.41) is 0. The summed E-state index contributed by atoms with van der Waals surface area (Å²) in [6.45, 7) is 1.91. The maximum atomic E-state index is 5.99. The first-order valence-corrected chi connectivity index (χ1v) is 7.60. The van der Waals surface area contributed by atoms with Crippen molar-refractivity contribution in [3.05, 3.63) is 70.2 Å². The molecule has 0 aromatic heterocycles. The van der Waals surface area contributed by atoms with Gasteiger partial charge in [0.15, 0.2) is 5.66 Å².